The topological polar surface area (TPSA) is 110 Å². The molecule has 1 aliphatic carbocycles. The minimum atomic E-state index is -0.746. The van der Waals surface area contributed by atoms with Crippen molar-refractivity contribution in [3.63, 3.8) is 0 Å². The molecule has 0 spiro atoms. The fourth-order valence-corrected chi connectivity index (χ4v) is 5.50. The molecule has 5 aromatic rings. The Morgan fingerprint density at radius 3 is 2.48 bits per heavy atom. The van der Waals surface area contributed by atoms with E-state index in [-0.39, 0.29) is 23.6 Å². The molecule has 9 heteroatoms. The standard InChI is InChI=1S/C31H28FN5O3/c32-24-12-9-20(10-13-24)23-15-26(30(38)33-17-19-5-7-22(8-6-19)31(39)40)29-28(16-23)35-36-37(29)18-25-14-11-21-3-1-2-4-27(21)34-25/h1-4,9-16,19,22H,5-8,17-18H2,(H,33,38)(H,39,40). The van der Waals surface area contributed by atoms with E-state index in [9.17, 15) is 19.1 Å². The van der Waals surface area contributed by atoms with E-state index < -0.39 is 5.97 Å². The lowest BCUT2D eigenvalue weighted by molar-refractivity contribution is -0.143. The van der Waals surface area contributed by atoms with Gasteiger partial charge < -0.3 is 10.4 Å². The van der Waals surface area contributed by atoms with Gasteiger partial charge in [0.05, 0.1) is 29.2 Å². The molecule has 2 aromatic heterocycles. The number of nitrogens with one attached hydrogen (secondary N) is 1. The Bertz CT molecular complexity index is 1710. The molecule has 0 atom stereocenters. The van der Waals surface area contributed by atoms with Gasteiger partial charge in [-0.1, -0.05) is 41.6 Å². The predicted molar refractivity (Wildman–Crippen MR) is 149 cm³/mol. The Hall–Kier alpha value is -4.66. The normalized spacial score (nSPS) is 17.2. The molecule has 0 saturated heterocycles. The van der Waals surface area contributed by atoms with Gasteiger partial charge in [0.1, 0.15) is 16.9 Å². The summed E-state index contributed by atoms with van der Waals surface area (Å²) < 4.78 is 15.3. The summed E-state index contributed by atoms with van der Waals surface area (Å²) in [5.74, 6) is -1.42. The number of hydrogen-bond donors (Lipinski definition) is 2. The fraction of sp³-hybridized carbons (Fsp3) is 0.258. The Morgan fingerprint density at radius 1 is 0.925 bits per heavy atom. The quantitative estimate of drug-likeness (QED) is 0.286. The van der Waals surface area contributed by atoms with Crippen LogP contribution in [-0.2, 0) is 11.3 Å². The van der Waals surface area contributed by atoms with Gasteiger partial charge in [-0.25, -0.2) is 9.07 Å². The number of carbonyl (C=O) groups excluding carboxylic acids is 1. The fourth-order valence-electron chi connectivity index (χ4n) is 5.50. The zero-order valence-electron chi connectivity index (χ0n) is 21.8. The van der Waals surface area contributed by atoms with Gasteiger partial charge in [-0.2, -0.15) is 0 Å². The first-order valence-corrected chi connectivity index (χ1v) is 13.4. The van der Waals surface area contributed by atoms with Crippen molar-refractivity contribution >= 4 is 33.8 Å². The number of benzene rings is 3. The molecule has 0 aliphatic heterocycles. The number of halogens is 1. The van der Waals surface area contributed by atoms with Crippen molar-refractivity contribution in [1.82, 2.24) is 25.3 Å². The van der Waals surface area contributed by atoms with Gasteiger partial charge in [-0.15, -0.1) is 5.10 Å². The van der Waals surface area contributed by atoms with Gasteiger partial charge in [-0.05, 0) is 79.1 Å². The van der Waals surface area contributed by atoms with E-state index in [1.807, 2.05) is 42.5 Å². The third-order valence-corrected chi connectivity index (χ3v) is 7.75. The second-order valence-corrected chi connectivity index (χ2v) is 10.4. The molecule has 0 bridgehead atoms. The summed E-state index contributed by atoms with van der Waals surface area (Å²) in [6.45, 7) is 0.790. The SMILES string of the molecule is O=C(NCC1CCC(C(=O)O)CC1)c1cc(-c2ccc(F)cc2)cc2nnn(Cc3ccc4ccccc4n3)c12. The number of aromatic nitrogens is 4. The monoisotopic (exact) mass is 537 g/mol. The number of carbonyl (C=O) groups is 2. The Kier molecular flexibility index (Phi) is 6.94. The number of carboxylic acids is 1. The van der Waals surface area contributed by atoms with E-state index in [1.165, 1.54) is 12.1 Å². The lowest BCUT2D eigenvalue weighted by Crippen LogP contribution is -2.32. The largest absolute Gasteiger partial charge is 0.481 e. The zero-order chi connectivity index (χ0) is 27.6. The molecule has 3 aromatic carbocycles. The van der Waals surface area contributed by atoms with Crippen molar-refractivity contribution in [2.24, 2.45) is 11.8 Å². The average Bonchev–Trinajstić information content (AvgIpc) is 3.38. The van der Waals surface area contributed by atoms with Crippen LogP contribution >= 0.6 is 0 Å². The molecule has 1 saturated carbocycles. The van der Waals surface area contributed by atoms with Gasteiger partial charge in [0.25, 0.3) is 5.91 Å². The van der Waals surface area contributed by atoms with Gasteiger partial charge in [-0.3, -0.25) is 14.6 Å². The number of fused-ring (bicyclic) bond motifs is 2. The highest BCUT2D eigenvalue weighted by molar-refractivity contribution is 6.06. The van der Waals surface area contributed by atoms with Crippen LogP contribution in [0.15, 0.2) is 72.8 Å². The number of para-hydroxylation sites is 1. The molecule has 1 fully saturated rings. The maximum absolute atomic E-state index is 13.6. The molecule has 1 aliphatic rings. The minimum Gasteiger partial charge on any atom is -0.481 e. The Balaban J connectivity index is 1.32. The molecule has 2 heterocycles. The molecular formula is C31H28FN5O3. The second-order valence-electron chi connectivity index (χ2n) is 10.4. The first-order valence-electron chi connectivity index (χ1n) is 13.4. The molecule has 2 N–H and O–H groups in total. The van der Waals surface area contributed by atoms with Gasteiger partial charge in [0.2, 0.25) is 0 Å². The maximum atomic E-state index is 13.6. The number of hydrogen-bond acceptors (Lipinski definition) is 5. The summed E-state index contributed by atoms with van der Waals surface area (Å²) in [4.78, 5) is 29.7. The first-order chi connectivity index (χ1) is 19.4. The van der Waals surface area contributed by atoms with Crippen molar-refractivity contribution in [2.75, 3.05) is 6.54 Å². The minimum absolute atomic E-state index is 0.222. The first kappa shape index (κ1) is 25.6. The van der Waals surface area contributed by atoms with Gasteiger partial charge >= 0.3 is 5.97 Å². The maximum Gasteiger partial charge on any atom is 0.306 e. The summed E-state index contributed by atoms with van der Waals surface area (Å²) in [5, 5.41) is 22.1. The van der Waals surface area contributed by atoms with Crippen molar-refractivity contribution in [2.45, 2.75) is 32.2 Å². The van der Waals surface area contributed by atoms with Gasteiger partial charge in [0, 0.05) is 11.9 Å². The van der Waals surface area contributed by atoms with Crippen molar-refractivity contribution in [3.05, 3.63) is 89.9 Å². The third-order valence-electron chi connectivity index (χ3n) is 7.75. The van der Waals surface area contributed by atoms with Crippen molar-refractivity contribution in [1.29, 1.82) is 0 Å². The highest BCUT2D eigenvalue weighted by Crippen LogP contribution is 2.30. The molecule has 202 valence electrons. The second kappa shape index (κ2) is 10.8. The molecule has 0 unspecified atom stereocenters. The third kappa shape index (κ3) is 5.27. The summed E-state index contributed by atoms with van der Waals surface area (Å²) in [6, 6.07) is 21.6. The molecule has 1 amide bonds. The van der Waals surface area contributed by atoms with E-state index in [2.05, 4.69) is 15.6 Å². The summed E-state index contributed by atoms with van der Waals surface area (Å²) >= 11 is 0. The summed E-state index contributed by atoms with van der Waals surface area (Å²) in [6.07, 6.45) is 2.76. The van der Waals surface area contributed by atoms with Crippen LogP contribution in [-0.4, -0.2) is 43.5 Å². The van der Waals surface area contributed by atoms with Crippen LogP contribution < -0.4 is 5.32 Å². The van der Waals surface area contributed by atoms with Gasteiger partial charge in [0.15, 0.2) is 0 Å². The Morgan fingerprint density at radius 2 is 1.70 bits per heavy atom. The average molecular weight is 538 g/mol. The number of aliphatic carboxylic acids is 1. The summed E-state index contributed by atoms with van der Waals surface area (Å²) in [7, 11) is 0. The number of amides is 1. The lowest BCUT2D eigenvalue weighted by atomic mass is 9.82. The predicted octanol–water partition coefficient (Wildman–Crippen LogP) is 5.45. The van der Waals surface area contributed by atoms with Crippen LogP contribution in [0.2, 0.25) is 0 Å². The van der Waals surface area contributed by atoms with E-state index >= 15 is 0 Å². The highest BCUT2D eigenvalue weighted by atomic mass is 19.1. The number of carboxylic acid groups (broad SMARTS) is 1. The van der Waals surface area contributed by atoms with E-state index in [0.717, 1.165) is 40.6 Å². The van der Waals surface area contributed by atoms with E-state index in [4.69, 9.17) is 4.98 Å². The molecular weight excluding hydrogens is 509 g/mol. The number of pyridine rings is 1. The summed E-state index contributed by atoms with van der Waals surface area (Å²) in [5.41, 5.74) is 4.71. The number of nitrogens with zero attached hydrogens (tertiary/aromatic N) is 4. The smallest absolute Gasteiger partial charge is 0.306 e. The molecule has 0 radical (unpaired) electrons. The van der Waals surface area contributed by atoms with Crippen molar-refractivity contribution < 1.29 is 19.1 Å². The zero-order valence-corrected chi connectivity index (χ0v) is 21.8. The van der Waals surface area contributed by atoms with Crippen LogP contribution in [0.25, 0.3) is 33.1 Å². The van der Waals surface area contributed by atoms with E-state index in [0.29, 0.717) is 42.5 Å². The number of rotatable bonds is 7. The molecule has 40 heavy (non-hydrogen) atoms. The lowest BCUT2D eigenvalue weighted by Gasteiger charge is -2.26. The molecule has 6 rings (SSSR count). The van der Waals surface area contributed by atoms with Crippen LogP contribution in [0, 0.1) is 17.7 Å². The van der Waals surface area contributed by atoms with E-state index in [1.54, 1.807) is 22.9 Å². The van der Waals surface area contributed by atoms with Crippen molar-refractivity contribution in [3.8, 4) is 11.1 Å². The van der Waals surface area contributed by atoms with Crippen LogP contribution in [0.3, 0.4) is 0 Å². The Labute approximate surface area is 229 Å². The van der Waals surface area contributed by atoms with Crippen LogP contribution in [0.1, 0.15) is 41.7 Å². The van der Waals surface area contributed by atoms with Crippen LogP contribution in [0.5, 0.6) is 0 Å². The highest BCUT2D eigenvalue weighted by Gasteiger charge is 2.27. The molecule has 8 nitrogen and oxygen atoms in total. The van der Waals surface area contributed by atoms with Crippen LogP contribution in [0.4, 0.5) is 4.39 Å².